The number of alkyl halides is 2. The molecule has 0 aliphatic heterocycles. The zero-order valence-corrected chi connectivity index (χ0v) is 10.4. The monoisotopic (exact) mass is 268 g/mol. The first-order chi connectivity index (χ1) is 8.47. The Balaban J connectivity index is 3.76. The van der Waals surface area contributed by atoms with Gasteiger partial charge in [0.2, 0.25) is 5.91 Å². The number of rotatable bonds is 9. The van der Waals surface area contributed by atoms with Crippen molar-refractivity contribution >= 4 is 11.9 Å². The molecule has 1 unspecified atom stereocenters. The molecule has 1 atom stereocenters. The summed E-state index contributed by atoms with van der Waals surface area (Å²) in [5.41, 5.74) is 0. The Bertz CT molecular complexity index is 264. The van der Waals surface area contributed by atoms with Gasteiger partial charge in [-0.05, 0) is 0 Å². The molecule has 6 nitrogen and oxygen atoms in total. The first kappa shape index (κ1) is 16.7. The van der Waals surface area contributed by atoms with E-state index in [-0.39, 0.29) is 19.1 Å². The fourth-order valence-electron chi connectivity index (χ4n) is 1.14. The molecule has 1 amide bonds. The summed E-state index contributed by atoms with van der Waals surface area (Å²) in [4.78, 5) is 22.1. The smallest absolute Gasteiger partial charge is 0.329 e. The fourth-order valence-corrected chi connectivity index (χ4v) is 1.14. The molecule has 0 rings (SSSR count). The van der Waals surface area contributed by atoms with E-state index in [9.17, 15) is 18.4 Å². The molecule has 8 heteroatoms. The fraction of sp³-hybridized carbons (Fsp3) is 0.800. The summed E-state index contributed by atoms with van der Waals surface area (Å²) < 4.78 is 32.6. The number of methoxy groups -OCH3 is 1. The summed E-state index contributed by atoms with van der Waals surface area (Å²) in [6.07, 6.45) is -2.49. The maximum Gasteiger partial charge on any atom is 0.329 e. The van der Waals surface area contributed by atoms with Crippen LogP contribution in [0.5, 0.6) is 0 Å². The van der Waals surface area contributed by atoms with E-state index in [1.807, 2.05) is 0 Å². The number of hydrogen-bond acceptors (Lipinski definition) is 5. The van der Waals surface area contributed by atoms with E-state index in [0.29, 0.717) is 6.54 Å². The van der Waals surface area contributed by atoms with Crippen molar-refractivity contribution in [2.45, 2.75) is 19.4 Å². The molecule has 0 bridgehead atoms. The van der Waals surface area contributed by atoms with Gasteiger partial charge >= 0.3 is 5.97 Å². The minimum Gasteiger partial charge on any atom is -0.467 e. The van der Waals surface area contributed by atoms with Crippen molar-refractivity contribution in [1.82, 2.24) is 10.6 Å². The van der Waals surface area contributed by atoms with Crippen molar-refractivity contribution in [3.05, 3.63) is 0 Å². The van der Waals surface area contributed by atoms with Crippen LogP contribution >= 0.6 is 0 Å². The van der Waals surface area contributed by atoms with Crippen molar-refractivity contribution in [3.8, 4) is 0 Å². The number of hydrogen-bond donors (Lipinski definition) is 2. The van der Waals surface area contributed by atoms with Crippen LogP contribution in [-0.4, -0.2) is 57.8 Å². The van der Waals surface area contributed by atoms with Crippen molar-refractivity contribution in [2.24, 2.45) is 0 Å². The predicted octanol–water partition coefficient (Wildman–Crippen LogP) is -0.465. The quantitative estimate of drug-likeness (QED) is 0.437. The summed E-state index contributed by atoms with van der Waals surface area (Å²) in [6.45, 7) is 1.19. The lowest BCUT2D eigenvalue weighted by Gasteiger charge is -2.16. The number of carbonyl (C=O) groups is 2. The van der Waals surface area contributed by atoms with Gasteiger partial charge < -0.3 is 20.1 Å². The van der Waals surface area contributed by atoms with E-state index in [1.165, 1.54) is 14.0 Å². The Morgan fingerprint density at radius 2 is 2.00 bits per heavy atom. The molecule has 0 aliphatic rings. The largest absolute Gasteiger partial charge is 0.467 e. The minimum atomic E-state index is -2.49. The highest BCUT2D eigenvalue weighted by molar-refractivity contribution is 5.83. The second kappa shape index (κ2) is 9.72. The summed E-state index contributed by atoms with van der Waals surface area (Å²) in [5.74, 6) is -0.938. The van der Waals surface area contributed by atoms with E-state index in [1.54, 1.807) is 0 Å². The van der Waals surface area contributed by atoms with Crippen molar-refractivity contribution in [2.75, 3.05) is 33.4 Å². The van der Waals surface area contributed by atoms with Crippen LogP contribution in [0.25, 0.3) is 0 Å². The molecule has 0 fully saturated rings. The van der Waals surface area contributed by atoms with Gasteiger partial charge in [-0.1, -0.05) is 0 Å². The molecular weight excluding hydrogens is 250 g/mol. The number of amides is 1. The lowest BCUT2D eigenvalue weighted by atomic mass is 10.3. The first-order valence-electron chi connectivity index (χ1n) is 5.39. The molecule has 106 valence electrons. The van der Waals surface area contributed by atoms with Gasteiger partial charge in [0.25, 0.3) is 6.43 Å². The number of ether oxygens (including phenoxy) is 2. The molecule has 0 spiro atoms. The highest BCUT2D eigenvalue weighted by Crippen LogP contribution is 1.91. The van der Waals surface area contributed by atoms with Crippen LogP contribution in [0, 0.1) is 0 Å². The molecule has 0 aromatic carbocycles. The maximum atomic E-state index is 11.7. The third-order valence-electron chi connectivity index (χ3n) is 1.88. The minimum absolute atomic E-state index is 0.0955. The molecule has 0 saturated heterocycles. The van der Waals surface area contributed by atoms with Gasteiger partial charge in [-0.2, -0.15) is 0 Å². The van der Waals surface area contributed by atoms with Crippen molar-refractivity contribution in [3.63, 3.8) is 0 Å². The molecule has 2 N–H and O–H groups in total. The SMILES string of the molecule is COC(=O)C(CNCCOCC(F)F)NC(C)=O. The van der Waals surface area contributed by atoms with Gasteiger partial charge in [-0.25, -0.2) is 13.6 Å². The lowest BCUT2D eigenvalue weighted by molar-refractivity contribution is -0.144. The number of carbonyl (C=O) groups excluding carboxylic acids is 2. The highest BCUT2D eigenvalue weighted by Gasteiger charge is 2.19. The summed E-state index contributed by atoms with van der Waals surface area (Å²) in [6, 6.07) is -0.803. The Labute approximate surface area is 104 Å². The summed E-state index contributed by atoms with van der Waals surface area (Å²) >= 11 is 0. The van der Waals surface area contributed by atoms with E-state index >= 15 is 0 Å². The lowest BCUT2D eigenvalue weighted by Crippen LogP contribution is -2.47. The standard InChI is InChI=1S/C10H18F2N2O4/c1-7(15)14-8(10(16)17-2)5-13-3-4-18-6-9(11)12/h8-9,13H,3-6H2,1-2H3,(H,14,15). The third kappa shape index (κ3) is 8.82. The second-order valence-corrected chi connectivity index (χ2v) is 3.45. The van der Waals surface area contributed by atoms with E-state index in [4.69, 9.17) is 0 Å². The van der Waals surface area contributed by atoms with Crippen molar-refractivity contribution in [1.29, 1.82) is 0 Å². The van der Waals surface area contributed by atoms with Crippen LogP contribution < -0.4 is 10.6 Å². The van der Waals surface area contributed by atoms with Gasteiger partial charge in [0.05, 0.1) is 13.7 Å². The van der Waals surface area contributed by atoms with Crippen LogP contribution in [0.2, 0.25) is 0 Å². The molecule has 0 saturated carbocycles. The highest BCUT2D eigenvalue weighted by atomic mass is 19.3. The average Bonchev–Trinajstić information content (AvgIpc) is 2.30. The molecular formula is C10H18F2N2O4. The molecule has 18 heavy (non-hydrogen) atoms. The first-order valence-corrected chi connectivity index (χ1v) is 5.39. The molecule has 0 heterocycles. The Morgan fingerprint density at radius 3 is 2.50 bits per heavy atom. The van der Waals surface area contributed by atoms with Gasteiger partial charge in [-0.15, -0.1) is 0 Å². The molecule has 0 aromatic heterocycles. The van der Waals surface area contributed by atoms with E-state index in [2.05, 4.69) is 20.1 Å². The Hall–Kier alpha value is -1.28. The Kier molecular flexibility index (Phi) is 9.03. The third-order valence-corrected chi connectivity index (χ3v) is 1.88. The van der Waals surface area contributed by atoms with Crippen LogP contribution in [0.15, 0.2) is 0 Å². The normalized spacial score (nSPS) is 12.3. The maximum absolute atomic E-state index is 11.7. The predicted molar refractivity (Wildman–Crippen MR) is 59.3 cm³/mol. The van der Waals surface area contributed by atoms with Crippen LogP contribution in [0.4, 0.5) is 8.78 Å². The zero-order chi connectivity index (χ0) is 14.0. The van der Waals surface area contributed by atoms with Gasteiger partial charge in [-0.3, -0.25) is 4.79 Å². The van der Waals surface area contributed by atoms with E-state index in [0.717, 1.165) is 0 Å². The van der Waals surface area contributed by atoms with Gasteiger partial charge in [0, 0.05) is 20.0 Å². The second-order valence-electron chi connectivity index (χ2n) is 3.45. The molecule has 0 aliphatic carbocycles. The number of nitrogens with one attached hydrogen (secondary N) is 2. The van der Waals surface area contributed by atoms with Crippen LogP contribution in [-0.2, 0) is 19.1 Å². The molecule has 0 radical (unpaired) electrons. The number of halogens is 2. The zero-order valence-electron chi connectivity index (χ0n) is 10.4. The van der Waals surface area contributed by atoms with E-state index < -0.39 is 25.0 Å². The summed E-state index contributed by atoms with van der Waals surface area (Å²) in [5, 5.41) is 5.20. The van der Waals surface area contributed by atoms with Gasteiger partial charge in [0.1, 0.15) is 12.6 Å². The summed E-state index contributed by atoms with van der Waals surface area (Å²) in [7, 11) is 1.21. The van der Waals surface area contributed by atoms with Crippen molar-refractivity contribution < 1.29 is 27.8 Å². The van der Waals surface area contributed by atoms with Crippen LogP contribution in [0.3, 0.4) is 0 Å². The topological polar surface area (TPSA) is 76.7 Å². The number of esters is 1. The Morgan fingerprint density at radius 1 is 1.33 bits per heavy atom. The van der Waals surface area contributed by atoms with Crippen LogP contribution in [0.1, 0.15) is 6.92 Å². The van der Waals surface area contributed by atoms with Gasteiger partial charge in [0.15, 0.2) is 0 Å². The average molecular weight is 268 g/mol. The molecule has 0 aromatic rings.